The van der Waals surface area contributed by atoms with Gasteiger partial charge in [0.15, 0.2) is 0 Å². The van der Waals surface area contributed by atoms with Crippen molar-refractivity contribution < 1.29 is 14.5 Å². The number of nitriles is 1. The Balaban J connectivity index is 1.60. The zero-order valence-electron chi connectivity index (χ0n) is 18.6. The maximum Gasteiger partial charge on any atom is 0.269 e. The number of nitrogens with zero attached hydrogens (tertiary/aromatic N) is 3. The predicted molar refractivity (Wildman–Crippen MR) is 129 cm³/mol. The lowest BCUT2D eigenvalue weighted by molar-refractivity contribution is -0.384. The highest BCUT2D eigenvalue weighted by atomic mass is 16.6. The van der Waals surface area contributed by atoms with E-state index in [2.05, 4.69) is 15.6 Å². The number of carbonyl (C=O) groups excluding carboxylic acids is 2. The molecule has 0 bridgehead atoms. The second kappa shape index (κ2) is 9.80. The van der Waals surface area contributed by atoms with E-state index in [1.165, 1.54) is 24.3 Å². The predicted octanol–water partition coefficient (Wildman–Crippen LogP) is 3.64. The Morgan fingerprint density at radius 3 is 2.29 bits per heavy atom. The lowest BCUT2D eigenvalue weighted by atomic mass is 10.0. The number of nitro groups is 1. The molecule has 172 valence electrons. The summed E-state index contributed by atoms with van der Waals surface area (Å²) in [6.45, 7) is 2.21. The standard InChI is InChI=1S/C26H19N5O4/c1-16-6-8-17(9-7-16)15-28-26(33)22(14-27)23-20-4-2-3-5-21(20)24(29-23)30-25(32)18-10-12-19(13-11-18)31(34)35/h2-13H,15H2,1H3,(H,28,33)(H,29,30,32). The van der Waals surface area contributed by atoms with E-state index in [4.69, 9.17) is 0 Å². The van der Waals surface area contributed by atoms with Crippen molar-refractivity contribution in [2.24, 2.45) is 4.99 Å². The molecule has 1 heterocycles. The van der Waals surface area contributed by atoms with Gasteiger partial charge in [-0.3, -0.25) is 19.7 Å². The fraction of sp³-hybridized carbons (Fsp3) is 0.0769. The molecule has 0 saturated carbocycles. The molecule has 3 aromatic rings. The van der Waals surface area contributed by atoms with Gasteiger partial charge in [0.2, 0.25) is 0 Å². The van der Waals surface area contributed by atoms with Gasteiger partial charge < -0.3 is 10.6 Å². The number of amides is 2. The molecule has 9 nitrogen and oxygen atoms in total. The van der Waals surface area contributed by atoms with E-state index in [1.807, 2.05) is 37.3 Å². The summed E-state index contributed by atoms with van der Waals surface area (Å²) in [4.78, 5) is 40.3. The van der Waals surface area contributed by atoms with Crippen LogP contribution in [0.25, 0.3) is 5.70 Å². The van der Waals surface area contributed by atoms with Gasteiger partial charge >= 0.3 is 0 Å². The van der Waals surface area contributed by atoms with Gasteiger partial charge in [-0.2, -0.15) is 5.26 Å². The van der Waals surface area contributed by atoms with Gasteiger partial charge in [-0.1, -0.05) is 54.1 Å². The molecule has 0 radical (unpaired) electrons. The molecule has 0 saturated heterocycles. The first-order valence-electron chi connectivity index (χ1n) is 10.6. The van der Waals surface area contributed by atoms with Crippen molar-refractivity contribution in [2.45, 2.75) is 13.5 Å². The minimum atomic E-state index is -0.579. The van der Waals surface area contributed by atoms with Crippen LogP contribution in [0.1, 0.15) is 32.6 Å². The number of nitro benzene ring substituents is 1. The molecule has 0 aromatic heterocycles. The Bertz CT molecular complexity index is 1430. The molecule has 2 amide bonds. The third-order valence-electron chi connectivity index (χ3n) is 5.38. The number of carbonyl (C=O) groups is 2. The van der Waals surface area contributed by atoms with E-state index in [0.717, 1.165) is 11.1 Å². The summed E-state index contributed by atoms with van der Waals surface area (Å²) in [5.74, 6) is -0.931. The molecule has 0 fully saturated rings. The number of fused-ring (bicyclic) bond motifs is 1. The van der Waals surface area contributed by atoms with Crippen LogP contribution in [0.3, 0.4) is 0 Å². The van der Waals surface area contributed by atoms with Crippen molar-refractivity contribution in [1.29, 1.82) is 5.26 Å². The van der Waals surface area contributed by atoms with Gasteiger partial charge in [-0.05, 0) is 24.6 Å². The highest BCUT2D eigenvalue weighted by Gasteiger charge is 2.27. The third-order valence-corrected chi connectivity index (χ3v) is 5.38. The van der Waals surface area contributed by atoms with Crippen LogP contribution < -0.4 is 10.6 Å². The Hall–Kier alpha value is -5.10. The van der Waals surface area contributed by atoms with Crippen LogP contribution in [-0.4, -0.2) is 22.6 Å². The number of aryl methyl sites for hydroxylation is 1. The summed E-state index contributed by atoms with van der Waals surface area (Å²) in [7, 11) is 0. The number of rotatable bonds is 5. The number of benzene rings is 3. The highest BCUT2D eigenvalue weighted by molar-refractivity contribution is 6.20. The molecule has 9 heteroatoms. The number of amidine groups is 1. The monoisotopic (exact) mass is 465 g/mol. The first-order valence-corrected chi connectivity index (χ1v) is 10.6. The van der Waals surface area contributed by atoms with Crippen molar-refractivity contribution in [2.75, 3.05) is 0 Å². The van der Waals surface area contributed by atoms with E-state index in [0.29, 0.717) is 11.1 Å². The van der Waals surface area contributed by atoms with E-state index < -0.39 is 16.7 Å². The Kier molecular flexibility index (Phi) is 6.46. The van der Waals surface area contributed by atoms with Crippen molar-refractivity contribution in [1.82, 2.24) is 10.6 Å². The summed E-state index contributed by atoms with van der Waals surface area (Å²) in [5, 5.41) is 26.0. The Morgan fingerprint density at radius 2 is 1.66 bits per heavy atom. The average molecular weight is 465 g/mol. The van der Waals surface area contributed by atoms with Gasteiger partial charge in [-0.25, -0.2) is 4.99 Å². The molecule has 3 aromatic carbocycles. The van der Waals surface area contributed by atoms with Crippen LogP contribution in [0.15, 0.2) is 83.4 Å². The highest BCUT2D eigenvalue weighted by Crippen LogP contribution is 2.30. The smallest absolute Gasteiger partial charge is 0.269 e. The fourth-order valence-corrected chi connectivity index (χ4v) is 3.52. The second-order valence-electron chi connectivity index (χ2n) is 7.77. The molecule has 1 aliphatic rings. The lowest BCUT2D eigenvalue weighted by Gasteiger charge is -2.07. The first kappa shape index (κ1) is 23.1. The lowest BCUT2D eigenvalue weighted by Crippen LogP contribution is -2.30. The van der Waals surface area contributed by atoms with E-state index in [-0.39, 0.29) is 34.9 Å². The van der Waals surface area contributed by atoms with Crippen LogP contribution in [0.5, 0.6) is 0 Å². The van der Waals surface area contributed by atoms with Crippen LogP contribution in [-0.2, 0) is 11.3 Å². The minimum absolute atomic E-state index is 0.134. The van der Waals surface area contributed by atoms with Crippen molar-refractivity contribution in [3.63, 3.8) is 0 Å². The Labute approximate surface area is 200 Å². The van der Waals surface area contributed by atoms with Crippen molar-refractivity contribution in [3.8, 4) is 6.07 Å². The summed E-state index contributed by atoms with van der Waals surface area (Å²) in [6, 6.07) is 21.7. The second-order valence-corrected chi connectivity index (χ2v) is 7.77. The molecule has 0 atom stereocenters. The molecule has 2 N–H and O–H groups in total. The van der Waals surface area contributed by atoms with Gasteiger partial charge in [0.05, 0.1) is 10.6 Å². The van der Waals surface area contributed by atoms with Crippen LogP contribution in [0.4, 0.5) is 5.69 Å². The normalized spacial score (nSPS) is 13.2. The summed E-state index contributed by atoms with van der Waals surface area (Å²) < 4.78 is 0. The minimum Gasteiger partial charge on any atom is -0.347 e. The van der Waals surface area contributed by atoms with Gasteiger partial charge in [0.1, 0.15) is 17.5 Å². The van der Waals surface area contributed by atoms with Crippen molar-refractivity contribution in [3.05, 3.63) is 116 Å². The topological polar surface area (TPSA) is 137 Å². The van der Waals surface area contributed by atoms with E-state index in [1.54, 1.807) is 24.3 Å². The summed E-state index contributed by atoms with van der Waals surface area (Å²) >= 11 is 0. The summed E-state index contributed by atoms with van der Waals surface area (Å²) in [6.07, 6.45) is 0. The molecular weight excluding hydrogens is 446 g/mol. The first-order chi connectivity index (χ1) is 16.9. The van der Waals surface area contributed by atoms with Crippen molar-refractivity contribution >= 4 is 29.0 Å². The maximum atomic E-state index is 12.8. The number of non-ortho nitro benzene ring substituents is 1. The zero-order chi connectivity index (χ0) is 24.9. The molecule has 4 rings (SSSR count). The molecule has 0 unspecified atom stereocenters. The van der Waals surface area contributed by atoms with Gasteiger partial charge in [-0.15, -0.1) is 0 Å². The fourth-order valence-electron chi connectivity index (χ4n) is 3.52. The van der Waals surface area contributed by atoms with Crippen LogP contribution >= 0.6 is 0 Å². The number of nitrogens with one attached hydrogen (secondary N) is 2. The molecule has 0 spiro atoms. The number of hydrogen-bond donors (Lipinski definition) is 2. The van der Waals surface area contributed by atoms with E-state index in [9.17, 15) is 25.0 Å². The molecule has 1 aliphatic heterocycles. The maximum absolute atomic E-state index is 12.8. The SMILES string of the molecule is Cc1ccc(CNC(=O)C(C#N)=C2N=C(NC(=O)c3ccc([N+](=O)[O-])cc3)c3ccccc32)cc1. The number of hydrogen-bond acceptors (Lipinski definition) is 6. The third kappa shape index (κ3) is 4.96. The van der Waals surface area contributed by atoms with Gasteiger partial charge in [0.25, 0.3) is 17.5 Å². The molecular formula is C26H19N5O4. The van der Waals surface area contributed by atoms with Gasteiger partial charge in [0, 0.05) is 35.4 Å². The van der Waals surface area contributed by atoms with E-state index >= 15 is 0 Å². The quantitative estimate of drug-likeness (QED) is 0.256. The zero-order valence-corrected chi connectivity index (χ0v) is 18.6. The largest absolute Gasteiger partial charge is 0.347 e. The Morgan fingerprint density at radius 1 is 1.00 bits per heavy atom. The average Bonchev–Trinajstić information content (AvgIpc) is 3.22. The molecule has 35 heavy (non-hydrogen) atoms. The molecule has 0 aliphatic carbocycles. The van der Waals surface area contributed by atoms with Crippen LogP contribution in [0.2, 0.25) is 0 Å². The van der Waals surface area contributed by atoms with Crippen LogP contribution in [0, 0.1) is 28.4 Å². The summed E-state index contributed by atoms with van der Waals surface area (Å²) in [5.41, 5.74) is 3.12. The number of aliphatic imine (C=N–C) groups is 1.